The summed E-state index contributed by atoms with van der Waals surface area (Å²) in [5.41, 5.74) is 0. The van der Waals surface area contributed by atoms with Gasteiger partial charge in [0, 0.05) is 6.42 Å². The summed E-state index contributed by atoms with van der Waals surface area (Å²) in [4.78, 5) is 0. The molecule has 0 aromatic rings. The standard InChI is InChI=1S/C6H10NO/c1-7-3-5-2-6(4-7)8-5/h5-6H,1-4H2/q+1. The number of piperidine rings is 1. The topological polar surface area (TPSA) is 12.2 Å². The van der Waals surface area contributed by atoms with Gasteiger partial charge in [-0.2, -0.15) is 0 Å². The number of hydrogen-bond acceptors (Lipinski definition) is 1. The summed E-state index contributed by atoms with van der Waals surface area (Å²) in [6.45, 7) is 5.91. The van der Waals surface area contributed by atoms with Crippen LogP contribution in [0.2, 0.25) is 0 Å². The molecule has 2 bridgehead atoms. The molecule has 3 rings (SSSR count). The van der Waals surface area contributed by atoms with Gasteiger partial charge in [0.15, 0.2) is 13.1 Å². The van der Waals surface area contributed by atoms with Crippen molar-refractivity contribution in [1.29, 1.82) is 0 Å². The molecule has 2 nitrogen and oxygen atoms in total. The zero-order valence-corrected chi connectivity index (χ0v) is 4.84. The lowest BCUT2D eigenvalue weighted by molar-refractivity contribution is -0.582. The van der Waals surface area contributed by atoms with Crippen LogP contribution < -0.4 is 0 Å². The molecule has 0 aliphatic carbocycles. The summed E-state index contributed by atoms with van der Waals surface area (Å²) in [6.07, 6.45) is 2.31. The number of fused-ring (bicyclic) bond motifs is 2. The highest BCUT2D eigenvalue weighted by atomic mass is 16.5. The van der Waals surface area contributed by atoms with Crippen molar-refractivity contribution in [2.24, 2.45) is 0 Å². The average Bonchev–Trinajstić information content (AvgIpc) is 1.62. The molecule has 0 radical (unpaired) electrons. The molecule has 0 saturated carbocycles. The maximum atomic E-state index is 5.36. The SMILES string of the molecule is C=[N+]1CC2CC(C1)O2. The van der Waals surface area contributed by atoms with E-state index in [9.17, 15) is 0 Å². The van der Waals surface area contributed by atoms with Crippen LogP contribution in [-0.4, -0.2) is 36.6 Å². The highest BCUT2D eigenvalue weighted by Gasteiger charge is 2.40. The number of rotatable bonds is 0. The second-order valence-corrected chi connectivity index (χ2v) is 2.65. The third-order valence-corrected chi connectivity index (χ3v) is 1.83. The van der Waals surface area contributed by atoms with Gasteiger partial charge in [-0.1, -0.05) is 0 Å². The Morgan fingerprint density at radius 1 is 1.38 bits per heavy atom. The Morgan fingerprint density at radius 3 is 2.12 bits per heavy atom. The van der Waals surface area contributed by atoms with Crippen molar-refractivity contribution in [2.75, 3.05) is 13.1 Å². The molecule has 3 saturated heterocycles. The summed E-state index contributed by atoms with van der Waals surface area (Å²) < 4.78 is 7.45. The summed E-state index contributed by atoms with van der Waals surface area (Å²) in [7, 11) is 0. The van der Waals surface area contributed by atoms with Gasteiger partial charge in [0.2, 0.25) is 0 Å². The van der Waals surface area contributed by atoms with Crippen LogP contribution in [0.15, 0.2) is 0 Å². The number of hydrogen-bond donors (Lipinski definition) is 0. The number of ether oxygens (including phenoxy) is 1. The summed E-state index contributed by atoms with van der Waals surface area (Å²) in [5.74, 6) is 0. The van der Waals surface area contributed by atoms with Gasteiger partial charge in [0.25, 0.3) is 0 Å². The molecule has 2 heteroatoms. The van der Waals surface area contributed by atoms with E-state index in [0.717, 1.165) is 13.1 Å². The molecule has 2 atom stereocenters. The molecular weight excluding hydrogens is 102 g/mol. The first-order valence-corrected chi connectivity index (χ1v) is 3.05. The van der Waals surface area contributed by atoms with Gasteiger partial charge in [-0.3, -0.25) is 0 Å². The minimum absolute atomic E-state index is 0.520. The quantitative estimate of drug-likeness (QED) is 0.398. The van der Waals surface area contributed by atoms with Crippen LogP contribution in [0, 0.1) is 0 Å². The Morgan fingerprint density at radius 2 is 1.88 bits per heavy atom. The van der Waals surface area contributed by atoms with E-state index in [1.807, 2.05) is 0 Å². The molecule has 3 heterocycles. The molecule has 0 aromatic heterocycles. The maximum absolute atomic E-state index is 5.36. The van der Waals surface area contributed by atoms with Gasteiger partial charge in [-0.25, -0.2) is 4.58 Å². The predicted molar refractivity (Wildman–Crippen MR) is 30.4 cm³/mol. The van der Waals surface area contributed by atoms with Crippen LogP contribution in [-0.2, 0) is 4.74 Å². The van der Waals surface area contributed by atoms with Gasteiger partial charge in [-0.05, 0) is 0 Å². The van der Waals surface area contributed by atoms with Crippen molar-refractivity contribution in [3.05, 3.63) is 0 Å². The minimum Gasteiger partial charge on any atom is -0.362 e. The minimum atomic E-state index is 0.520. The fourth-order valence-corrected chi connectivity index (χ4v) is 1.44. The number of nitrogens with zero attached hydrogens (tertiary/aromatic N) is 1. The lowest BCUT2D eigenvalue weighted by Crippen LogP contribution is -2.53. The molecule has 3 aliphatic heterocycles. The monoisotopic (exact) mass is 112 g/mol. The van der Waals surface area contributed by atoms with Crippen LogP contribution in [0.25, 0.3) is 0 Å². The van der Waals surface area contributed by atoms with Crippen LogP contribution in [0.5, 0.6) is 0 Å². The summed E-state index contributed by atoms with van der Waals surface area (Å²) in [6, 6.07) is 0. The van der Waals surface area contributed by atoms with Crippen LogP contribution in [0.1, 0.15) is 6.42 Å². The molecule has 0 N–H and O–H groups in total. The molecule has 3 fully saturated rings. The van der Waals surface area contributed by atoms with Crippen molar-refractivity contribution in [3.8, 4) is 0 Å². The van der Waals surface area contributed by atoms with Gasteiger partial charge in [0.1, 0.15) is 18.9 Å². The second-order valence-electron chi connectivity index (χ2n) is 2.65. The molecule has 44 valence electrons. The van der Waals surface area contributed by atoms with E-state index < -0.39 is 0 Å². The Kier molecular flexibility index (Phi) is 0.742. The van der Waals surface area contributed by atoms with Gasteiger partial charge < -0.3 is 4.74 Å². The van der Waals surface area contributed by atoms with E-state index in [0.29, 0.717) is 12.2 Å². The highest BCUT2D eigenvalue weighted by molar-refractivity contribution is 5.15. The highest BCUT2D eigenvalue weighted by Crippen LogP contribution is 2.24. The van der Waals surface area contributed by atoms with E-state index in [2.05, 4.69) is 11.3 Å². The zero-order chi connectivity index (χ0) is 5.56. The first-order valence-electron chi connectivity index (χ1n) is 3.05. The van der Waals surface area contributed by atoms with Crippen molar-refractivity contribution >= 4 is 6.72 Å². The van der Waals surface area contributed by atoms with E-state index in [1.54, 1.807) is 0 Å². The largest absolute Gasteiger partial charge is 0.362 e. The maximum Gasteiger partial charge on any atom is 0.168 e. The third kappa shape index (κ3) is 0.494. The van der Waals surface area contributed by atoms with Crippen LogP contribution >= 0.6 is 0 Å². The Hall–Kier alpha value is -0.370. The first-order chi connectivity index (χ1) is 3.84. The van der Waals surface area contributed by atoms with E-state index in [1.165, 1.54) is 6.42 Å². The fourth-order valence-electron chi connectivity index (χ4n) is 1.44. The van der Waals surface area contributed by atoms with Crippen molar-refractivity contribution < 1.29 is 9.31 Å². The molecule has 8 heavy (non-hydrogen) atoms. The summed E-state index contributed by atoms with van der Waals surface area (Å²) >= 11 is 0. The van der Waals surface area contributed by atoms with Crippen molar-refractivity contribution in [1.82, 2.24) is 0 Å². The van der Waals surface area contributed by atoms with Crippen LogP contribution in [0.4, 0.5) is 0 Å². The summed E-state index contributed by atoms with van der Waals surface area (Å²) in [5, 5.41) is 0. The zero-order valence-electron chi connectivity index (χ0n) is 4.84. The Labute approximate surface area is 48.8 Å². The fraction of sp³-hybridized carbons (Fsp3) is 0.833. The Bertz CT molecular complexity index is 114. The normalized spacial score (nSPS) is 43.8. The third-order valence-electron chi connectivity index (χ3n) is 1.83. The van der Waals surface area contributed by atoms with Crippen molar-refractivity contribution in [3.63, 3.8) is 0 Å². The first kappa shape index (κ1) is 4.50. The lowest BCUT2D eigenvalue weighted by atomic mass is 10.0. The molecule has 3 aliphatic rings. The molecule has 0 spiro atoms. The van der Waals surface area contributed by atoms with E-state index in [-0.39, 0.29) is 0 Å². The number of morpholine rings is 1. The van der Waals surface area contributed by atoms with Gasteiger partial charge in [0.05, 0.1) is 0 Å². The lowest BCUT2D eigenvalue weighted by Gasteiger charge is -2.37. The molecular formula is C6H10NO+. The molecule has 0 amide bonds. The van der Waals surface area contributed by atoms with Gasteiger partial charge in [-0.15, -0.1) is 0 Å². The predicted octanol–water partition coefficient (Wildman–Crippen LogP) is -0.129. The Balaban J connectivity index is 2.07. The molecule has 0 aromatic carbocycles. The van der Waals surface area contributed by atoms with Crippen molar-refractivity contribution in [2.45, 2.75) is 18.6 Å². The van der Waals surface area contributed by atoms with E-state index in [4.69, 9.17) is 4.74 Å². The second kappa shape index (κ2) is 1.32. The smallest absolute Gasteiger partial charge is 0.168 e. The molecule has 2 unspecified atom stereocenters. The average molecular weight is 112 g/mol. The van der Waals surface area contributed by atoms with Gasteiger partial charge >= 0.3 is 0 Å². The van der Waals surface area contributed by atoms with E-state index >= 15 is 0 Å². The van der Waals surface area contributed by atoms with Crippen LogP contribution in [0.3, 0.4) is 0 Å².